The van der Waals surface area contributed by atoms with E-state index in [1.165, 1.54) is 11.1 Å². The zero-order valence-electron chi connectivity index (χ0n) is 10.2. The topological polar surface area (TPSA) is 62.3 Å². The van der Waals surface area contributed by atoms with E-state index in [0.29, 0.717) is 10.8 Å². The quantitative estimate of drug-likeness (QED) is 0.847. The lowest BCUT2D eigenvalue weighted by atomic mass is 10.2. The van der Waals surface area contributed by atoms with Gasteiger partial charge in [-0.3, -0.25) is 14.5 Å². The van der Waals surface area contributed by atoms with Crippen LogP contribution in [0.15, 0.2) is 18.3 Å². The van der Waals surface area contributed by atoms with Gasteiger partial charge in [0.2, 0.25) is 5.91 Å². The molecule has 5 nitrogen and oxygen atoms in total. The van der Waals surface area contributed by atoms with Gasteiger partial charge < -0.3 is 5.32 Å². The van der Waals surface area contributed by atoms with Crippen molar-refractivity contribution in [2.24, 2.45) is 0 Å². The Morgan fingerprint density at radius 1 is 1.44 bits per heavy atom. The standard InChI is InChI=1S/C12H14ClN3O2/c1-7(2)16-11(17)5-9(12(16)18)15-10-4-3-8(13)6-14-10/h3-4,6-7,9H,5H2,1-2H3,(H,14,15). The number of carbonyl (C=O) groups excluding carboxylic acids is 2. The van der Waals surface area contributed by atoms with Crippen molar-refractivity contribution in [2.75, 3.05) is 5.32 Å². The Hall–Kier alpha value is -1.62. The van der Waals surface area contributed by atoms with Gasteiger partial charge in [0.1, 0.15) is 11.9 Å². The lowest BCUT2D eigenvalue weighted by molar-refractivity contribution is -0.140. The molecule has 1 fully saturated rings. The minimum Gasteiger partial charge on any atom is -0.358 e. The van der Waals surface area contributed by atoms with Gasteiger partial charge in [0, 0.05) is 12.2 Å². The van der Waals surface area contributed by atoms with Crippen molar-refractivity contribution < 1.29 is 9.59 Å². The van der Waals surface area contributed by atoms with Crippen LogP contribution in [0.4, 0.5) is 5.82 Å². The van der Waals surface area contributed by atoms with E-state index in [1.807, 2.05) is 13.8 Å². The average Bonchev–Trinajstić information content (AvgIpc) is 2.57. The molecule has 0 bridgehead atoms. The summed E-state index contributed by atoms with van der Waals surface area (Å²) in [6, 6.07) is 2.71. The Balaban J connectivity index is 2.10. The van der Waals surface area contributed by atoms with Crippen LogP contribution >= 0.6 is 11.6 Å². The van der Waals surface area contributed by atoms with E-state index in [9.17, 15) is 9.59 Å². The van der Waals surface area contributed by atoms with Crippen LogP contribution in [0.3, 0.4) is 0 Å². The van der Waals surface area contributed by atoms with Crippen molar-refractivity contribution >= 4 is 29.2 Å². The highest BCUT2D eigenvalue weighted by atomic mass is 35.5. The minimum absolute atomic E-state index is 0.116. The SMILES string of the molecule is CC(C)N1C(=O)CC(Nc2ccc(Cl)cn2)C1=O. The number of hydrogen-bond acceptors (Lipinski definition) is 4. The Bertz CT molecular complexity index is 473. The molecule has 1 atom stereocenters. The lowest BCUT2D eigenvalue weighted by Gasteiger charge is -2.19. The number of nitrogens with one attached hydrogen (secondary N) is 1. The summed E-state index contributed by atoms with van der Waals surface area (Å²) in [6.07, 6.45) is 1.66. The van der Waals surface area contributed by atoms with Gasteiger partial charge in [-0.15, -0.1) is 0 Å². The molecule has 2 rings (SSSR count). The van der Waals surface area contributed by atoms with Crippen molar-refractivity contribution in [3.05, 3.63) is 23.4 Å². The molecule has 0 radical (unpaired) electrons. The van der Waals surface area contributed by atoms with E-state index >= 15 is 0 Å². The number of halogens is 1. The van der Waals surface area contributed by atoms with Gasteiger partial charge in [-0.05, 0) is 26.0 Å². The van der Waals surface area contributed by atoms with Crippen LogP contribution in [0.25, 0.3) is 0 Å². The summed E-state index contributed by atoms with van der Waals surface area (Å²) in [5, 5.41) is 3.48. The first-order valence-electron chi connectivity index (χ1n) is 5.73. The summed E-state index contributed by atoms with van der Waals surface area (Å²) in [5.74, 6) is 0.185. The number of anilines is 1. The number of imide groups is 1. The molecule has 1 aliphatic rings. The fourth-order valence-corrected chi connectivity index (χ4v) is 2.06. The van der Waals surface area contributed by atoms with Crippen LogP contribution in [0.2, 0.25) is 5.02 Å². The number of nitrogens with zero attached hydrogens (tertiary/aromatic N) is 2. The van der Waals surface area contributed by atoms with E-state index < -0.39 is 6.04 Å². The second kappa shape index (κ2) is 4.94. The number of hydrogen-bond donors (Lipinski definition) is 1. The summed E-state index contributed by atoms with van der Waals surface area (Å²) < 4.78 is 0. The summed E-state index contributed by atoms with van der Waals surface area (Å²) in [7, 11) is 0. The maximum absolute atomic E-state index is 12.0. The van der Waals surface area contributed by atoms with Crippen molar-refractivity contribution in [2.45, 2.75) is 32.4 Å². The maximum Gasteiger partial charge on any atom is 0.252 e. The van der Waals surface area contributed by atoms with E-state index in [2.05, 4.69) is 10.3 Å². The van der Waals surface area contributed by atoms with Crippen molar-refractivity contribution in [3.63, 3.8) is 0 Å². The highest BCUT2D eigenvalue weighted by molar-refractivity contribution is 6.30. The molecule has 96 valence electrons. The second-order valence-corrected chi connectivity index (χ2v) is 4.89. The monoisotopic (exact) mass is 267 g/mol. The molecule has 1 aromatic rings. The van der Waals surface area contributed by atoms with Gasteiger partial charge in [0.15, 0.2) is 0 Å². The van der Waals surface area contributed by atoms with Gasteiger partial charge in [-0.25, -0.2) is 4.98 Å². The van der Waals surface area contributed by atoms with Gasteiger partial charge in [-0.2, -0.15) is 0 Å². The third kappa shape index (κ3) is 2.46. The Kier molecular flexibility index (Phi) is 3.52. The lowest BCUT2D eigenvalue weighted by Crippen LogP contribution is -2.39. The van der Waals surface area contributed by atoms with Gasteiger partial charge >= 0.3 is 0 Å². The van der Waals surface area contributed by atoms with Crippen molar-refractivity contribution in [1.29, 1.82) is 0 Å². The maximum atomic E-state index is 12.0. The predicted molar refractivity (Wildman–Crippen MR) is 68.3 cm³/mol. The highest BCUT2D eigenvalue weighted by Gasteiger charge is 2.39. The van der Waals surface area contributed by atoms with Gasteiger partial charge in [0.05, 0.1) is 11.4 Å². The minimum atomic E-state index is -0.534. The van der Waals surface area contributed by atoms with E-state index in [4.69, 9.17) is 11.6 Å². The molecule has 1 aliphatic heterocycles. The first-order chi connectivity index (χ1) is 8.49. The Labute approximate surface area is 110 Å². The fraction of sp³-hybridized carbons (Fsp3) is 0.417. The number of aromatic nitrogens is 1. The van der Waals surface area contributed by atoms with Crippen LogP contribution in [0.1, 0.15) is 20.3 Å². The number of carbonyl (C=O) groups is 2. The Morgan fingerprint density at radius 3 is 2.67 bits per heavy atom. The summed E-state index contributed by atoms with van der Waals surface area (Å²) in [6.45, 7) is 3.64. The molecule has 0 aromatic carbocycles. The average molecular weight is 268 g/mol. The first kappa shape index (κ1) is 12.8. The molecule has 1 N–H and O–H groups in total. The molecule has 0 spiro atoms. The zero-order chi connectivity index (χ0) is 13.3. The van der Waals surface area contributed by atoms with Crippen LogP contribution in [-0.4, -0.2) is 33.8 Å². The third-order valence-electron chi connectivity index (χ3n) is 2.75. The molecule has 1 aromatic heterocycles. The first-order valence-corrected chi connectivity index (χ1v) is 6.11. The van der Waals surface area contributed by atoms with Gasteiger partial charge in [-0.1, -0.05) is 11.6 Å². The smallest absolute Gasteiger partial charge is 0.252 e. The van der Waals surface area contributed by atoms with Crippen LogP contribution < -0.4 is 5.32 Å². The van der Waals surface area contributed by atoms with Crippen LogP contribution in [0.5, 0.6) is 0 Å². The fourth-order valence-electron chi connectivity index (χ4n) is 1.95. The molecule has 1 saturated heterocycles. The van der Waals surface area contributed by atoms with Crippen molar-refractivity contribution in [1.82, 2.24) is 9.88 Å². The molecular weight excluding hydrogens is 254 g/mol. The van der Waals surface area contributed by atoms with Crippen molar-refractivity contribution in [3.8, 4) is 0 Å². The molecule has 0 aliphatic carbocycles. The molecule has 6 heteroatoms. The number of likely N-dealkylation sites (tertiary alicyclic amines) is 1. The second-order valence-electron chi connectivity index (χ2n) is 4.46. The molecule has 18 heavy (non-hydrogen) atoms. The highest BCUT2D eigenvalue weighted by Crippen LogP contribution is 2.20. The third-order valence-corrected chi connectivity index (χ3v) is 2.97. The molecule has 0 saturated carbocycles. The van der Waals surface area contributed by atoms with Gasteiger partial charge in [0.25, 0.3) is 5.91 Å². The van der Waals surface area contributed by atoms with E-state index in [1.54, 1.807) is 12.1 Å². The van der Waals surface area contributed by atoms with E-state index in [-0.39, 0.29) is 24.3 Å². The summed E-state index contributed by atoms with van der Waals surface area (Å²) in [4.78, 5) is 29.1. The molecule has 2 heterocycles. The largest absolute Gasteiger partial charge is 0.358 e. The summed E-state index contributed by atoms with van der Waals surface area (Å²) in [5.41, 5.74) is 0. The molecule has 1 unspecified atom stereocenters. The van der Waals surface area contributed by atoms with E-state index in [0.717, 1.165) is 0 Å². The molecule has 2 amide bonds. The van der Waals surface area contributed by atoms with Crippen LogP contribution in [0, 0.1) is 0 Å². The Morgan fingerprint density at radius 2 is 2.17 bits per heavy atom. The number of rotatable bonds is 3. The molecular formula is C12H14ClN3O2. The number of pyridine rings is 1. The van der Waals surface area contributed by atoms with Crippen LogP contribution in [-0.2, 0) is 9.59 Å². The zero-order valence-corrected chi connectivity index (χ0v) is 10.9. The number of amides is 2. The normalized spacial score (nSPS) is 19.8. The predicted octanol–water partition coefficient (Wildman–Crippen LogP) is 1.68. The summed E-state index contributed by atoms with van der Waals surface area (Å²) >= 11 is 5.73.